The van der Waals surface area contributed by atoms with E-state index in [-0.39, 0.29) is 6.04 Å². The van der Waals surface area contributed by atoms with Crippen LogP contribution in [0.1, 0.15) is 31.3 Å². The standard InChI is InChI=1S/C10H14N4/c1-3-9-12-10-6-8(7(2)11)4-5-14(10)13-9/h4-7H,3,11H2,1-2H3. The summed E-state index contributed by atoms with van der Waals surface area (Å²) in [6.07, 6.45) is 2.76. The van der Waals surface area contributed by atoms with Gasteiger partial charge in [-0.2, -0.15) is 5.10 Å². The van der Waals surface area contributed by atoms with E-state index < -0.39 is 0 Å². The summed E-state index contributed by atoms with van der Waals surface area (Å²) in [5.41, 5.74) is 7.75. The van der Waals surface area contributed by atoms with Crippen LogP contribution in [0.25, 0.3) is 5.65 Å². The molecule has 0 aliphatic heterocycles. The second-order valence-corrected chi connectivity index (χ2v) is 3.43. The van der Waals surface area contributed by atoms with Crippen LogP contribution in [0, 0.1) is 0 Å². The predicted molar refractivity (Wildman–Crippen MR) is 55.0 cm³/mol. The minimum absolute atomic E-state index is 0.0433. The van der Waals surface area contributed by atoms with Crippen LogP contribution in [-0.4, -0.2) is 14.6 Å². The maximum Gasteiger partial charge on any atom is 0.155 e. The largest absolute Gasteiger partial charge is 0.324 e. The van der Waals surface area contributed by atoms with Crippen LogP contribution >= 0.6 is 0 Å². The Labute approximate surface area is 82.8 Å². The topological polar surface area (TPSA) is 56.2 Å². The monoisotopic (exact) mass is 190 g/mol. The second-order valence-electron chi connectivity index (χ2n) is 3.43. The lowest BCUT2D eigenvalue weighted by molar-refractivity contribution is 0.810. The number of nitrogens with zero attached hydrogens (tertiary/aromatic N) is 3. The maximum absolute atomic E-state index is 5.79. The third kappa shape index (κ3) is 1.48. The van der Waals surface area contributed by atoms with Crippen molar-refractivity contribution in [3.8, 4) is 0 Å². The molecule has 1 atom stereocenters. The Hall–Kier alpha value is -1.42. The molecule has 2 aromatic rings. The summed E-state index contributed by atoms with van der Waals surface area (Å²) < 4.78 is 1.78. The van der Waals surface area contributed by atoms with Crippen LogP contribution < -0.4 is 5.73 Å². The highest BCUT2D eigenvalue weighted by Crippen LogP contribution is 2.11. The van der Waals surface area contributed by atoms with Gasteiger partial charge in [0.2, 0.25) is 0 Å². The van der Waals surface area contributed by atoms with Crippen LogP contribution in [-0.2, 0) is 6.42 Å². The first kappa shape index (κ1) is 9.15. The summed E-state index contributed by atoms with van der Waals surface area (Å²) >= 11 is 0. The smallest absolute Gasteiger partial charge is 0.155 e. The Morgan fingerprint density at radius 1 is 1.57 bits per heavy atom. The molecule has 4 nitrogen and oxygen atoms in total. The van der Waals surface area contributed by atoms with Crippen molar-refractivity contribution in [1.82, 2.24) is 14.6 Å². The molecule has 2 heterocycles. The molecule has 0 spiro atoms. The average Bonchev–Trinajstić information content (AvgIpc) is 2.58. The van der Waals surface area contributed by atoms with Gasteiger partial charge in [-0.1, -0.05) is 6.92 Å². The number of hydrogen-bond acceptors (Lipinski definition) is 3. The van der Waals surface area contributed by atoms with Crippen LogP contribution in [0.3, 0.4) is 0 Å². The normalized spacial score (nSPS) is 13.4. The quantitative estimate of drug-likeness (QED) is 0.776. The number of fused-ring (bicyclic) bond motifs is 1. The van der Waals surface area contributed by atoms with Gasteiger partial charge in [0.05, 0.1) is 0 Å². The van der Waals surface area contributed by atoms with Crippen molar-refractivity contribution in [2.45, 2.75) is 26.3 Å². The molecule has 0 saturated carbocycles. The third-order valence-corrected chi connectivity index (χ3v) is 2.25. The van der Waals surface area contributed by atoms with Gasteiger partial charge in [0.1, 0.15) is 0 Å². The second kappa shape index (κ2) is 3.38. The molecule has 0 aliphatic carbocycles. The summed E-state index contributed by atoms with van der Waals surface area (Å²) in [6.45, 7) is 4.00. The molecule has 0 saturated heterocycles. The number of rotatable bonds is 2. The van der Waals surface area contributed by atoms with Crippen molar-refractivity contribution in [3.63, 3.8) is 0 Å². The van der Waals surface area contributed by atoms with Crippen LogP contribution in [0.5, 0.6) is 0 Å². The molecule has 2 aromatic heterocycles. The highest BCUT2D eigenvalue weighted by molar-refractivity contribution is 5.41. The summed E-state index contributed by atoms with van der Waals surface area (Å²) in [5.74, 6) is 0.867. The zero-order chi connectivity index (χ0) is 10.1. The van der Waals surface area contributed by atoms with Gasteiger partial charge >= 0.3 is 0 Å². The number of aromatic nitrogens is 3. The SMILES string of the molecule is CCc1nc2cc(C(C)N)ccn2n1. The fraction of sp³-hybridized carbons (Fsp3) is 0.400. The first-order chi connectivity index (χ1) is 6.70. The fourth-order valence-electron chi connectivity index (χ4n) is 1.38. The van der Waals surface area contributed by atoms with Gasteiger partial charge in [-0.25, -0.2) is 9.50 Å². The van der Waals surface area contributed by atoms with E-state index in [1.807, 2.05) is 32.2 Å². The van der Waals surface area contributed by atoms with Gasteiger partial charge in [-0.3, -0.25) is 0 Å². The molecule has 2 N–H and O–H groups in total. The molecule has 0 amide bonds. The average molecular weight is 190 g/mol. The molecule has 4 heteroatoms. The summed E-state index contributed by atoms with van der Waals surface area (Å²) in [5, 5.41) is 4.30. The van der Waals surface area contributed by atoms with Crippen LogP contribution in [0.2, 0.25) is 0 Å². The van der Waals surface area contributed by atoms with E-state index in [1.54, 1.807) is 4.52 Å². The molecular weight excluding hydrogens is 176 g/mol. The van der Waals surface area contributed by atoms with E-state index in [1.165, 1.54) is 0 Å². The van der Waals surface area contributed by atoms with E-state index in [0.717, 1.165) is 23.5 Å². The number of aryl methyl sites for hydroxylation is 1. The van der Waals surface area contributed by atoms with Crippen molar-refractivity contribution < 1.29 is 0 Å². The molecule has 0 bridgehead atoms. The first-order valence-corrected chi connectivity index (χ1v) is 4.81. The molecule has 0 aromatic carbocycles. The lowest BCUT2D eigenvalue weighted by Crippen LogP contribution is -2.05. The Balaban J connectivity index is 2.54. The lowest BCUT2D eigenvalue weighted by atomic mass is 10.1. The Kier molecular flexibility index (Phi) is 2.21. The van der Waals surface area contributed by atoms with Gasteiger partial charge in [-0.15, -0.1) is 0 Å². The van der Waals surface area contributed by atoms with Crippen LogP contribution in [0.4, 0.5) is 0 Å². The Bertz CT molecular complexity index is 444. The van der Waals surface area contributed by atoms with Crippen molar-refractivity contribution >= 4 is 5.65 Å². The molecule has 74 valence electrons. The van der Waals surface area contributed by atoms with Gasteiger partial charge in [0, 0.05) is 18.7 Å². The van der Waals surface area contributed by atoms with Gasteiger partial charge in [-0.05, 0) is 24.6 Å². The van der Waals surface area contributed by atoms with Crippen LogP contribution in [0.15, 0.2) is 18.3 Å². The minimum atomic E-state index is 0.0433. The van der Waals surface area contributed by atoms with E-state index in [9.17, 15) is 0 Å². The van der Waals surface area contributed by atoms with Crippen molar-refractivity contribution in [2.75, 3.05) is 0 Å². The van der Waals surface area contributed by atoms with Crippen molar-refractivity contribution in [1.29, 1.82) is 0 Å². The zero-order valence-electron chi connectivity index (χ0n) is 8.44. The molecular formula is C10H14N4. The van der Waals surface area contributed by atoms with Crippen molar-refractivity contribution in [2.24, 2.45) is 5.73 Å². The third-order valence-electron chi connectivity index (χ3n) is 2.25. The predicted octanol–water partition coefficient (Wildman–Crippen LogP) is 1.31. The van der Waals surface area contributed by atoms with E-state index >= 15 is 0 Å². The maximum atomic E-state index is 5.79. The molecule has 0 fully saturated rings. The molecule has 2 rings (SSSR count). The van der Waals surface area contributed by atoms with E-state index in [2.05, 4.69) is 10.1 Å². The molecule has 0 aliphatic rings. The summed E-state index contributed by atoms with van der Waals surface area (Å²) in [4.78, 5) is 4.37. The van der Waals surface area contributed by atoms with Gasteiger partial charge < -0.3 is 5.73 Å². The Morgan fingerprint density at radius 2 is 2.36 bits per heavy atom. The highest BCUT2D eigenvalue weighted by atomic mass is 15.3. The zero-order valence-corrected chi connectivity index (χ0v) is 8.44. The van der Waals surface area contributed by atoms with E-state index in [4.69, 9.17) is 5.73 Å². The fourth-order valence-corrected chi connectivity index (χ4v) is 1.38. The molecule has 0 radical (unpaired) electrons. The first-order valence-electron chi connectivity index (χ1n) is 4.81. The summed E-state index contributed by atoms with van der Waals surface area (Å²) in [6, 6.07) is 4.00. The highest BCUT2D eigenvalue weighted by Gasteiger charge is 2.04. The van der Waals surface area contributed by atoms with Gasteiger partial charge in [0.15, 0.2) is 11.5 Å². The molecule has 1 unspecified atom stereocenters. The number of nitrogens with two attached hydrogens (primary N) is 1. The van der Waals surface area contributed by atoms with E-state index in [0.29, 0.717) is 0 Å². The number of hydrogen-bond donors (Lipinski definition) is 1. The Morgan fingerprint density at radius 3 is 3.00 bits per heavy atom. The minimum Gasteiger partial charge on any atom is -0.324 e. The summed E-state index contributed by atoms with van der Waals surface area (Å²) in [7, 11) is 0. The lowest BCUT2D eigenvalue weighted by Gasteiger charge is -2.03. The number of pyridine rings is 1. The molecule has 14 heavy (non-hydrogen) atoms. The van der Waals surface area contributed by atoms with Crippen molar-refractivity contribution in [3.05, 3.63) is 29.7 Å². The van der Waals surface area contributed by atoms with Gasteiger partial charge in [0.25, 0.3) is 0 Å².